The largest absolute Gasteiger partial charge is 0.495 e. The highest BCUT2D eigenvalue weighted by Crippen LogP contribution is 2.27. The molecule has 1 rings (SSSR count). The number of methoxy groups -OCH3 is 1. The topological polar surface area (TPSA) is 128 Å². The van der Waals surface area contributed by atoms with Crippen LogP contribution in [0.3, 0.4) is 0 Å². The molecule has 0 bridgehead atoms. The highest BCUT2D eigenvalue weighted by Gasteiger charge is 2.23. The summed E-state index contributed by atoms with van der Waals surface area (Å²) in [5, 5.41) is 0. The van der Waals surface area contributed by atoms with Crippen molar-refractivity contribution >= 4 is 38.1 Å². The van der Waals surface area contributed by atoms with Gasteiger partial charge < -0.3 is 10.5 Å². The molecule has 0 radical (unpaired) electrons. The Labute approximate surface area is 149 Å². The van der Waals surface area contributed by atoms with E-state index in [9.17, 15) is 16.8 Å². The second-order valence-corrected chi connectivity index (χ2v) is 9.43. The van der Waals surface area contributed by atoms with Gasteiger partial charge in [0, 0.05) is 18.2 Å². The molecule has 0 saturated carbocycles. The minimum Gasteiger partial charge on any atom is -0.495 e. The molecule has 8 nitrogen and oxygen atoms in total. The van der Waals surface area contributed by atoms with Gasteiger partial charge in [0.15, 0.2) is 0 Å². The molecule has 24 heavy (non-hydrogen) atoms. The molecule has 0 saturated heterocycles. The van der Waals surface area contributed by atoms with Crippen molar-refractivity contribution in [2.24, 2.45) is 5.73 Å². The predicted octanol–water partition coefficient (Wildman–Crippen LogP) is 0.894. The van der Waals surface area contributed by atoms with Crippen LogP contribution in [0, 0.1) is 0 Å². The van der Waals surface area contributed by atoms with Crippen molar-refractivity contribution in [1.29, 1.82) is 0 Å². The number of sulfonamides is 2. The van der Waals surface area contributed by atoms with Crippen LogP contribution in [-0.4, -0.2) is 41.8 Å². The van der Waals surface area contributed by atoms with Crippen LogP contribution in [0.15, 0.2) is 23.1 Å². The smallest absolute Gasteiger partial charge is 0.244 e. The summed E-state index contributed by atoms with van der Waals surface area (Å²) in [6.45, 7) is 4.92. The monoisotopic (exact) mass is 401 g/mol. The molecule has 11 heteroatoms. The SMILES string of the molecule is CCS(=O)(=O)Nc1ccc(S(=O)(=O)NCC(C)(C)N)c(OC)c1.Cl. The summed E-state index contributed by atoms with van der Waals surface area (Å²) in [7, 11) is -5.99. The lowest BCUT2D eigenvalue weighted by molar-refractivity contribution is 0.402. The summed E-state index contributed by atoms with van der Waals surface area (Å²) < 4.78 is 57.6. The van der Waals surface area contributed by atoms with Gasteiger partial charge in [-0.25, -0.2) is 21.6 Å². The number of nitrogens with two attached hydrogens (primary N) is 1. The Balaban J connectivity index is 0.00000529. The van der Waals surface area contributed by atoms with Crippen LogP contribution in [0.2, 0.25) is 0 Å². The Kier molecular flexibility index (Phi) is 7.97. The van der Waals surface area contributed by atoms with Crippen LogP contribution in [0.1, 0.15) is 20.8 Å². The lowest BCUT2D eigenvalue weighted by Crippen LogP contribution is -2.45. The molecule has 0 aromatic heterocycles. The van der Waals surface area contributed by atoms with Gasteiger partial charge in [0.2, 0.25) is 20.0 Å². The summed E-state index contributed by atoms with van der Waals surface area (Å²) in [6.07, 6.45) is 0. The van der Waals surface area contributed by atoms with Crippen molar-refractivity contribution in [2.45, 2.75) is 31.2 Å². The Hall–Kier alpha value is -1.07. The fourth-order valence-corrected chi connectivity index (χ4v) is 3.57. The molecule has 0 atom stereocenters. The van der Waals surface area contributed by atoms with Crippen molar-refractivity contribution in [3.05, 3.63) is 18.2 Å². The molecule has 0 aliphatic rings. The lowest BCUT2D eigenvalue weighted by Gasteiger charge is -2.20. The molecule has 0 aliphatic carbocycles. The maximum Gasteiger partial charge on any atom is 0.244 e. The quantitative estimate of drug-likeness (QED) is 0.593. The summed E-state index contributed by atoms with van der Waals surface area (Å²) >= 11 is 0. The number of nitrogens with one attached hydrogen (secondary N) is 2. The van der Waals surface area contributed by atoms with Crippen molar-refractivity contribution in [1.82, 2.24) is 4.72 Å². The molecule has 0 heterocycles. The predicted molar refractivity (Wildman–Crippen MR) is 96.8 cm³/mol. The van der Waals surface area contributed by atoms with Crippen LogP contribution in [-0.2, 0) is 20.0 Å². The Morgan fingerprint density at radius 1 is 1.21 bits per heavy atom. The van der Waals surface area contributed by atoms with Gasteiger partial charge in [-0.3, -0.25) is 4.72 Å². The van der Waals surface area contributed by atoms with Crippen LogP contribution >= 0.6 is 12.4 Å². The summed E-state index contributed by atoms with van der Waals surface area (Å²) in [4.78, 5) is -0.0938. The van der Waals surface area contributed by atoms with Crippen LogP contribution < -0.4 is 19.9 Å². The first-order valence-electron chi connectivity index (χ1n) is 6.87. The highest BCUT2D eigenvalue weighted by atomic mass is 35.5. The number of benzene rings is 1. The molecule has 0 spiro atoms. The second kappa shape index (κ2) is 8.34. The summed E-state index contributed by atoms with van der Waals surface area (Å²) in [5.41, 5.74) is 5.28. The van der Waals surface area contributed by atoms with Gasteiger partial charge >= 0.3 is 0 Å². The van der Waals surface area contributed by atoms with E-state index in [-0.39, 0.29) is 41.0 Å². The van der Waals surface area contributed by atoms with Crippen LogP contribution in [0.5, 0.6) is 5.75 Å². The maximum absolute atomic E-state index is 12.3. The number of halogens is 1. The number of hydrogen-bond acceptors (Lipinski definition) is 6. The van der Waals surface area contributed by atoms with Crippen molar-refractivity contribution in [3.8, 4) is 5.75 Å². The standard InChI is InChI=1S/C13H23N3O5S2.ClH/c1-5-22(17,18)16-10-6-7-12(11(8-10)21-4)23(19,20)15-9-13(2,3)14;/h6-8,15-16H,5,9,14H2,1-4H3;1H. The second-order valence-electron chi connectivity index (χ2n) is 5.68. The van der Waals surface area contributed by atoms with E-state index in [2.05, 4.69) is 9.44 Å². The fraction of sp³-hybridized carbons (Fsp3) is 0.538. The summed E-state index contributed by atoms with van der Waals surface area (Å²) in [6, 6.07) is 3.95. The van der Waals surface area contributed by atoms with E-state index >= 15 is 0 Å². The summed E-state index contributed by atoms with van der Waals surface area (Å²) in [5.74, 6) is -0.0636. The Morgan fingerprint density at radius 3 is 2.25 bits per heavy atom. The van der Waals surface area contributed by atoms with Gasteiger partial charge in [0.1, 0.15) is 10.6 Å². The molecule has 140 valence electrons. The average Bonchev–Trinajstić information content (AvgIpc) is 2.44. The van der Waals surface area contributed by atoms with E-state index < -0.39 is 25.6 Å². The first-order valence-corrected chi connectivity index (χ1v) is 10.0. The van der Waals surface area contributed by atoms with Gasteiger partial charge in [-0.05, 0) is 32.9 Å². The van der Waals surface area contributed by atoms with Gasteiger partial charge in [-0.1, -0.05) is 0 Å². The zero-order chi connectivity index (χ0) is 17.9. The van der Waals surface area contributed by atoms with Gasteiger partial charge in [0.05, 0.1) is 18.6 Å². The van der Waals surface area contributed by atoms with E-state index in [1.807, 2.05) is 0 Å². The minimum atomic E-state index is -3.83. The van der Waals surface area contributed by atoms with E-state index in [0.29, 0.717) is 0 Å². The molecule has 0 amide bonds. The van der Waals surface area contributed by atoms with Gasteiger partial charge in [0.25, 0.3) is 0 Å². The zero-order valence-corrected chi connectivity index (χ0v) is 16.4. The third kappa shape index (κ3) is 6.81. The average molecular weight is 402 g/mol. The zero-order valence-electron chi connectivity index (χ0n) is 14.0. The fourth-order valence-electron chi connectivity index (χ4n) is 1.56. The molecular weight excluding hydrogens is 378 g/mol. The molecule has 1 aromatic carbocycles. The van der Waals surface area contributed by atoms with Crippen molar-refractivity contribution in [3.63, 3.8) is 0 Å². The third-order valence-electron chi connectivity index (χ3n) is 2.82. The third-order valence-corrected chi connectivity index (χ3v) is 5.57. The van der Waals surface area contributed by atoms with E-state index in [4.69, 9.17) is 10.5 Å². The first kappa shape index (κ1) is 22.9. The molecule has 4 N–H and O–H groups in total. The molecule has 1 aromatic rings. The molecule has 0 aliphatic heterocycles. The minimum absolute atomic E-state index is 0. The van der Waals surface area contributed by atoms with E-state index in [1.54, 1.807) is 13.8 Å². The maximum atomic E-state index is 12.3. The number of ether oxygens (including phenoxy) is 1. The van der Waals surface area contributed by atoms with Crippen molar-refractivity contribution < 1.29 is 21.6 Å². The normalized spacial score (nSPS) is 12.4. The Morgan fingerprint density at radius 2 is 1.79 bits per heavy atom. The van der Waals surface area contributed by atoms with E-state index in [1.165, 1.54) is 32.2 Å². The lowest BCUT2D eigenvalue weighted by atomic mass is 10.1. The highest BCUT2D eigenvalue weighted by molar-refractivity contribution is 7.92. The van der Waals surface area contributed by atoms with Crippen LogP contribution in [0.25, 0.3) is 0 Å². The molecular formula is C13H24ClN3O5S2. The van der Waals surface area contributed by atoms with Gasteiger partial charge in [-0.15, -0.1) is 12.4 Å². The Bertz CT molecular complexity index is 758. The number of rotatable bonds is 8. The molecule has 0 unspecified atom stereocenters. The number of anilines is 1. The molecule has 0 fully saturated rings. The van der Waals surface area contributed by atoms with Crippen molar-refractivity contribution in [2.75, 3.05) is 24.1 Å². The van der Waals surface area contributed by atoms with Gasteiger partial charge in [-0.2, -0.15) is 0 Å². The van der Waals surface area contributed by atoms with E-state index in [0.717, 1.165) is 0 Å². The number of hydrogen-bond donors (Lipinski definition) is 3. The first-order chi connectivity index (χ1) is 10.4. The van der Waals surface area contributed by atoms with Crippen LogP contribution in [0.4, 0.5) is 5.69 Å².